The molecule has 7 nitrogen and oxygen atoms in total. The molecule has 0 bridgehead atoms. The quantitative estimate of drug-likeness (QED) is 0.799. The molecule has 2 N–H and O–H groups in total. The summed E-state index contributed by atoms with van der Waals surface area (Å²) in [5.41, 5.74) is 0.864. The fourth-order valence-electron chi connectivity index (χ4n) is 2.34. The Morgan fingerprint density at radius 3 is 2.95 bits per heavy atom. The van der Waals surface area contributed by atoms with Crippen molar-refractivity contribution >= 4 is 15.9 Å². The number of piperidine rings is 1. The first-order valence-electron chi connectivity index (χ1n) is 7.15. The van der Waals surface area contributed by atoms with Gasteiger partial charge in [0.15, 0.2) is 0 Å². The third-order valence-corrected chi connectivity index (χ3v) is 5.38. The zero-order chi connectivity index (χ0) is 15.5. The highest BCUT2D eigenvalue weighted by molar-refractivity contribution is 7.90. The van der Waals surface area contributed by atoms with Crippen molar-refractivity contribution in [3.05, 3.63) is 18.0 Å². The fourth-order valence-corrected chi connectivity index (χ4v) is 3.80. The number of rotatable bonds is 5. The molecule has 0 saturated carbocycles. The van der Waals surface area contributed by atoms with Crippen LogP contribution in [-0.2, 0) is 21.4 Å². The van der Waals surface area contributed by atoms with E-state index in [9.17, 15) is 13.2 Å². The van der Waals surface area contributed by atoms with E-state index >= 15 is 0 Å². The Kier molecular flexibility index (Phi) is 5.00. The first-order chi connectivity index (χ1) is 9.88. The molecule has 2 atom stereocenters. The molecule has 1 unspecified atom stereocenters. The van der Waals surface area contributed by atoms with Gasteiger partial charge in [-0.05, 0) is 32.4 Å². The number of sulfonamides is 1. The van der Waals surface area contributed by atoms with Crippen LogP contribution in [0.1, 0.15) is 25.5 Å². The molecule has 0 spiro atoms. The average Bonchev–Trinajstić information content (AvgIpc) is 2.84. The van der Waals surface area contributed by atoms with Gasteiger partial charge in [-0.2, -0.15) is 5.10 Å². The number of nitrogens with zero attached hydrogens (tertiary/aromatic N) is 2. The first kappa shape index (κ1) is 16.0. The van der Waals surface area contributed by atoms with Crippen LogP contribution in [0, 0.1) is 12.8 Å². The van der Waals surface area contributed by atoms with Gasteiger partial charge in [0.2, 0.25) is 15.9 Å². The minimum atomic E-state index is -3.61. The average molecular weight is 314 g/mol. The van der Waals surface area contributed by atoms with Crippen molar-refractivity contribution in [3.63, 3.8) is 0 Å². The van der Waals surface area contributed by atoms with Crippen LogP contribution in [0.5, 0.6) is 0 Å². The molecule has 118 valence electrons. The maximum absolute atomic E-state index is 12.2. The Balaban J connectivity index is 1.93. The van der Waals surface area contributed by atoms with Crippen LogP contribution in [0.15, 0.2) is 12.3 Å². The molecule has 2 heterocycles. The lowest BCUT2D eigenvalue weighted by atomic mass is 10.2. The van der Waals surface area contributed by atoms with Crippen LogP contribution in [0.4, 0.5) is 0 Å². The second-order valence-corrected chi connectivity index (χ2v) is 7.52. The molecule has 0 radical (unpaired) electrons. The van der Waals surface area contributed by atoms with Crippen LogP contribution in [-0.4, -0.2) is 42.4 Å². The summed E-state index contributed by atoms with van der Waals surface area (Å²) in [6.07, 6.45) is 3.17. The number of carbonyl (C=O) groups excluding carboxylic acids is 1. The van der Waals surface area contributed by atoms with Gasteiger partial charge < -0.3 is 5.32 Å². The summed E-state index contributed by atoms with van der Waals surface area (Å²) in [7, 11) is -3.61. The van der Waals surface area contributed by atoms with Crippen LogP contribution in [0.2, 0.25) is 0 Å². The van der Waals surface area contributed by atoms with Crippen molar-refractivity contribution in [2.45, 2.75) is 38.5 Å². The summed E-state index contributed by atoms with van der Waals surface area (Å²) < 4.78 is 28.2. The summed E-state index contributed by atoms with van der Waals surface area (Å²) in [6, 6.07) is 1.84. The van der Waals surface area contributed by atoms with E-state index in [0.717, 1.165) is 18.7 Å². The van der Waals surface area contributed by atoms with Crippen molar-refractivity contribution < 1.29 is 13.2 Å². The van der Waals surface area contributed by atoms with Crippen molar-refractivity contribution in [1.29, 1.82) is 0 Å². The normalized spacial score (nSPS) is 21.0. The number of carbonyl (C=O) groups is 1. The summed E-state index contributed by atoms with van der Waals surface area (Å²) in [4.78, 5) is 12.1. The standard InChI is InChI=1S/C13H22N4O3S/c1-10(9-17-7-5-11(2)15-17)13(18)16-21(19,20)12-4-3-6-14-8-12/h5,7,10,12,14H,3-4,6,8-9H2,1-2H3,(H,16,18)/t10?,12-/m0/s1. The summed E-state index contributed by atoms with van der Waals surface area (Å²) >= 11 is 0. The molecular weight excluding hydrogens is 292 g/mol. The van der Waals surface area contributed by atoms with Gasteiger partial charge in [0.25, 0.3) is 0 Å². The van der Waals surface area contributed by atoms with Gasteiger partial charge in [-0.25, -0.2) is 8.42 Å². The Bertz CT molecular complexity index is 590. The number of hydrogen-bond acceptors (Lipinski definition) is 5. The molecular formula is C13H22N4O3S. The van der Waals surface area contributed by atoms with E-state index in [1.165, 1.54) is 0 Å². The first-order valence-corrected chi connectivity index (χ1v) is 8.69. The maximum atomic E-state index is 12.2. The Labute approximate surface area is 125 Å². The number of amides is 1. The molecule has 8 heteroatoms. The van der Waals surface area contributed by atoms with Crippen LogP contribution >= 0.6 is 0 Å². The van der Waals surface area contributed by atoms with E-state index in [2.05, 4.69) is 15.1 Å². The van der Waals surface area contributed by atoms with Gasteiger partial charge in [-0.15, -0.1) is 0 Å². The lowest BCUT2D eigenvalue weighted by Crippen LogP contribution is -2.47. The summed E-state index contributed by atoms with van der Waals surface area (Å²) in [5.74, 6) is -0.940. The number of aromatic nitrogens is 2. The fraction of sp³-hybridized carbons (Fsp3) is 0.692. The Morgan fingerprint density at radius 2 is 2.38 bits per heavy atom. The Morgan fingerprint density at radius 1 is 1.62 bits per heavy atom. The van der Waals surface area contributed by atoms with Gasteiger partial charge in [0.1, 0.15) is 0 Å². The molecule has 1 aromatic rings. The van der Waals surface area contributed by atoms with E-state index in [0.29, 0.717) is 19.5 Å². The number of nitrogens with one attached hydrogen (secondary N) is 2. The topological polar surface area (TPSA) is 93.1 Å². The molecule has 1 amide bonds. The predicted molar refractivity (Wildman–Crippen MR) is 79.1 cm³/mol. The highest BCUT2D eigenvalue weighted by atomic mass is 32.2. The van der Waals surface area contributed by atoms with Gasteiger partial charge >= 0.3 is 0 Å². The minimum Gasteiger partial charge on any atom is -0.315 e. The minimum absolute atomic E-state index is 0.359. The lowest BCUT2D eigenvalue weighted by Gasteiger charge is -2.23. The van der Waals surface area contributed by atoms with Gasteiger partial charge in [-0.3, -0.25) is 14.2 Å². The van der Waals surface area contributed by atoms with Crippen LogP contribution < -0.4 is 10.0 Å². The predicted octanol–water partition coefficient (Wildman–Crippen LogP) is 0.0256. The molecule has 0 aliphatic carbocycles. The largest absolute Gasteiger partial charge is 0.315 e. The van der Waals surface area contributed by atoms with Crippen molar-refractivity contribution in [2.75, 3.05) is 13.1 Å². The summed E-state index contributed by atoms with van der Waals surface area (Å²) in [5, 5.41) is 6.71. The number of aryl methyl sites for hydroxylation is 1. The monoisotopic (exact) mass is 314 g/mol. The molecule has 21 heavy (non-hydrogen) atoms. The maximum Gasteiger partial charge on any atom is 0.239 e. The molecule has 2 rings (SSSR count). The zero-order valence-electron chi connectivity index (χ0n) is 12.4. The van der Waals surface area contributed by atoms with Crippen molar-refractivity contribution in [2.24, 2.45) is 5.92 Å². The van der Waals surface area contributed by atoms with Gasteiger partial charge in [-0.1, -0.05) is 6.92 Å². The van der Waals surface area contributed by atoms with E-state index in [4.69, 9.17) is 0 Å². The molecule has 1 saturated heterocycles. The van der Waals surface area contributed by atoms with Gasteiger partial charge in [0, 0.05) is 12.7 Å². The number of hydrogen-bond donors (Lipinski definition) is 2. The van der Waals surface area contributed by atoms with E-state index in [-0.39, 0.29) is 0 Å². The highest BCUT2D eigenvalue weighted by Crippen LogP contribution is 2.11. The van der Waals surface area contributed by atoms with Crippen molar-refractivity contribution in [3.8, 4) is 0 Å². The van der Waals surface area contributed by atoms with E-state index in [1.54, 1.807) is 17.8 Å². The van der Waals surface area contributed by atoms with Crippen LogP contribution in [0.25, 0.3) is 0 Å². The molecule has 1 aliphatic heterocycles. The van der Waals surface area contributed by atoms with Gasteiger partial charge in [0.05, 0.1) is 23.4 Å². The Hall–Kier alpha value is -1.41. The van der Waals surface area contributed by atoms with Crippen LogP contribution in [0.3, 0.4) is 0 Å². The highest BCUT2D eigenvalue weighted by Gasteiger charge is 2.30. The third-order valence-electron chi connectivity index (χ3n) is 3.62. The second kappa shape index (κ2) is 6.57. The zero-order valence-corrected chi connectivity index (χ0v) is 13.2. The van der Waals surface area contributed by atoms with E-state index < -0.39 is 27.1 Å². The lowest BCUT2D eigenvalue weighted by molar-refractivity contribution is -0.123. The molecule has 1 aliphatic rings. The smallest absolute Gasteiger partial charge is 0.239 e. The molecule has 1 fully saturated rings. The van der Waals surface area contributed by atoms with E-state index in [1.807, 2.05) is 13.0 Å². The van der Waals surface area contributed by atoms with Crippen molar-refractivity contribution in [1.82, 2.24) is 19.8 Å². The summed E-state index contributed by atoms with van der Waals surface area (Å²) in [6.45, 7) is 5.14. The molecule has 0 aromatic carbocycles. The third kappa shape index (κ3) is 4.28. The second-order valence-electron chi connectivity index (χ2n) is 5.56. The SMILES string of the molecule is Cc1ccn(CC(C)C(=O)NS(=O)(=O)[C@H]2CCCNC2)n1. The molecule has 1 aromatic heterocycles.